The Bertz CT molecular complexity index is 624. The number of thioether (sulfide) groups is 1. The van der Waals surface area contributed by atoms with Crippen LogP contribution in [-0.4, -0.2) is 38.9 Å². The molecule has 2 rings (SSSR count). The first-order valence-electron chi connectivity index (χ1n) is 6.26. The SMILES string of the molecule is CCn1c(SCC(=O)NCC(N)=O)nnc1-c1cccs1. The number of hydrogen-bond acceptors (Lipinski definition) is 6. The number of aromatic nitrogens is 3. The van der Waals surface area contributed by atoms with Crippen molar-refractivity contribution in [2.24, 2.45) is 5.73 Å². The topological polar surface area (TPSA) is 103 Å². The van der Waals surface area contributed by atoms with Crippen molar-refractivity contribution in [3.8, 4) is 10.7 Å². The standard InChI is InChI=1S/C12H15N5O2S2/c1-2-17-11(8-4-3-5-20-8)15-16-12(17)21-7-10(19)14-6-9(13)18/h3-5H,2,6-7H2,1H3,(H2,13,18)(H,14,19). The average Bonchev–Trinajstić information content (AvgIpc) is 3.10. The Morgan fingerprint density at radius 1 is 1.48 bits per heavy atom. The number of nitrogens with zero attached hydrogens (tertiary/aromatic N) is 3. The van der Waals surface area contributed by atoms with Crippen LogP contribution in [0.15, 0.2) is 22.7 Å². The van der Waals surface area contributed by atoms with E-state index in [-0.39, 0.29) is 18.2 Å². The summed E-state index contributed by atoms with van der Waals surface area (Å²) in [6.45, 7) is 2.56. The third kappa shape index (κ3) is 4.05. The normalized spacial score (nSPS) is 10.5. The van der Waals surface area contributed by atoms with Crippen molar-refractivity contribution >= 4 is 34.9 Å². The van der Waals surface area contributed by atoms with Gasteiger partial charge in [-0.25, -0.2) is 0 Å². The molecule has 0 atom stereocenters. The van der Waals surface area contributed by atoms with Crippen LogP contribution < -0.4 is 11.1 Å². The fourth-order valence-electron chi connectivity index (χ4n) is 1.64. The van der Waals surface area contributed by atoms with Crippen molar-refractivity contribution in [2.75, 3.05) is 12.3 Å². The number of thiophene rings is 1. The minimum Gasteiger partial charge on any atom is -0.368 e. The van der Waals surface area contributed by atoms with E-state index in [1.165, 1.54) is 11.8 Å². The van der Waals surface area contributed by atoms with E-state index in [0.29, 0.717) is 11.7 Å². The lowest BCUT2D eigenvalue weighted by Gasteiger charge is -2.06. The van der Waals surface area contributed by atoms with E-state index in [0.717, 1.165) is 10.7 Å². The van der Waals surface area contributed by atoms with Crippen LogP contribution in [0.3, 0.4) is 0 Å². The molecule has 0 spiro atoms. The average molecular weight is 325 g/mol. The summed E-state index contributed by atoms with van der Waals surface area (Å²) in [7, 11) is 0. The molecule has 9 heteroatoms. The zero-order chi connectivity index (χ0) is 15.2. The second-order valence-corrected chi connectivity index (χ2v) is 5.95. The molecule has 0 radical (unpaired) electrons. The third-order valence-electron chi connectivity index (χ3n) is 2.57. The molecule has 0 unspecified atom stereocenters. The van der Waals surface area contributed by atoms with Crippen LogP contribution in [0.5, 0.6) is 0 Å². The third-order valence-corrected chi connectivity index (χ3v) is 4.40. The number of carbonyl (C=O) groups excluding carboxylic acids is 2. The van der Waals surface area contributed by atoms with Gasteiger partial charge in [-0.1, -0.05) is 17.8 Å². The van der Waals surface area contributed by atoms with Crippen molar-refractivity contribution < 1.29 is 9.59 Å². The Morgan fingerprint density at radius 2 is 2.29 bits per heavy atom. The molecule has 2 aromatic heterocycles. The molecule has 112 valence electrons. The summed E-state index contributed by atoms with van der Waals surface area (Å²) in [6.07, 6.45) is 0. The molecule has 0 aromatic carbocycles. The van der Waals surface area contributed by atoms with E-state index in [2.05, 4.69) is 15.5 Å². The number of rotatable bonds is 7. The van der Waals surface area contributed by atoms with Gasteiger partial charge in [0.05, 0.1) is 17.2 Å². The van der Waals surface area contributed by atoms with Gasteiger partial charge in [-0.15, -0.1) is 21.5 Å². The molecule has 2 amide bonds. The Kier molecular flexibility index (Phi) is 5.34. The maximum atomic E-state index is 11.6. The molecule has 2 heterocycles. The minimum atomic E-state index is -0.565. The van der Waals surface area contributed by atoms with Crippen molar-refractivity contribution in [1.29, 1.82) is 0 Å². The molecular weight excluding hydrogens is 310 g/mol. The molecule has 21 heavy (non-hydrogen) atoms. The first-order valence-corrected chi connectivity index (χ1v) is 8.13. The number of amides is 2. The first kappa shape index (κ1) is 15.5. The molecular formula is C12H15N5O2S2. The summed E-state index contributed by atoms with van der Waals surface area (Å²) >= 11 is 2.87. The zero-order valence-corrected chi connectivity index (χ0v) is 13.0. The summed E-state index contributed by atoms with van der Waals surface area (Å²) < 4.78 is 1.96. The Labute approximate surface area is 129 Å². The van der Waals surface area contributed by atoms with Crippen LogP contribution in [0.1, 0.15) is 6.92 Å². The van der Waals surface area contributed by atoms with Gasteiger partial charge in [0.2, 0.25) is 11.8 Å². The number of primary amides is 1. The van der Waals surface area contributed by atoms with Gasteiger partial charge < -0.3 is 15.6 Å². The molecule has 2 aromatic rings. The minimum absolute atomic E-state index is 0.152. The van der Waals surface area contributed by atoms with Crippen molar-refractivity contribution in [3.05, 3.63) is 17.5 Å². The molecule has 3 N–H and O–H groups in total. The van der Waals surface area contributed by atoms with E-state index in [4.69, 9.17) is 5.73 Å². The highest BCUT2D eigenvalue weighted by atomic mass is 32.2. The quantitative estimate of drug-likeness (QED) is 0.730. The number of hydrogen-bond donors (Lipinski definition) is 2. The van der Waals surface area contributed by atoms with Gasteiger partial charge in [-0.05, 0) is 18.4 Å². The monoisotopic (exact) mass is 325 g/mol. The van der Waals surface area contributed by atoms with Crippen LogP contribution in [0, 0.1) is 0 Å². The molecule has 7 nitrogen and oxygen atoms in total. The zero-order valence-electron chi connectivity index (χ0n) is 11.4. The smallest absolute Gasteiger partial charge is 0.236 e. The predicted molar refractivity (Wildman–Crippen MR) is 81.9 cm³/mol. The number of carbonyl (C=O) groups is 2. The molecule has 0 fully saturated rings. The van der Waals surface area contributed by atoms with Crippen LogP contribution in [0.25, 0.3) is 10.7 Å². The second kappa shape index (κ2) is 7.23. The molecule has 0 aliphatic rings. The van der Waals surface area contributed by atoms with Crippen molar-refractivity contribution in [1.82, 2.24) is 20.1 Å². The Balaban J connectivity index is 2.01. The highest BCUT2D eigenvalue weighted by Crippen LogP contribution is 2.26. The lowest BCUT2D eigenvalue weighted by atomic mass is 10.4. The van der Waals surface area contributed by atoms with E-state index >= 15 is 0 Å². The van der Waals surface area contributed by atoms with Gasteiger partial charge in [0, 0.05) is 6.54 Å². The maximum absolute atomic E-state index is 11.6. The molecule has 0 saturated heterocycles. The Hall–Kier alpha value is -1.87. The van der Waals surface area contributed by atoms with Crippen molar-refractivity contribution in [2.45, 2.75) is 18.6 Å². The van der Waals surface area contributed by atoms with Gasteiger partial charge >= 0.3 is 0 Å². The van der Waals surface area contributed by atoms with E-state index in [1.54, 1.807) is 11.3 Å². The molecule has 0 aliphatic carbocycles. The van der Waals surface area contributed by atoms with Crippen LogP contribution >= 0.6 is 23.1 Å². The van der Waals surface area contributed by atoms with Gasteiger partial charge in [-0.3, -0.25) is 9.59 Å². The van der Waals surface area contributed by atoms with Gasteiger partial charge in [0.1, 0.15) is 0 Å². The van der Waals surface area contributed by atoms with Gasteiger partial charge in [0.15, 0.2) is 11.0 Å². The summed E-state index contributed by atoms with van der Waals surface area (Å²) in [5.74, 6) is 0.135. The van der Waals surface area contributed by atoms with E-state index < -0.39 is 5.91 Å². The first-order chi connectivity index (χ1) is 10.1. The van der Waals surface area contributed by atoms with Crippen molar-refractivity contribution in [3.63, 3.8) is 0 Å². The number of nitrogens with two attached hydrogens (primary N) is 1. The highest BCUT2D eigenvalue weighted by molar-refractivity contribution is 7.99. The fourth-order valence-corrected chi connectivity index (χ4v) is 3.18. The second-order valence-electron chi connectivity index (χ2n) is 4.06. The molecule has 0 bridgehead atoms. The van der Waals surface area contributed by atoms with E-state index in [9.17, 15) is 9.59 Å². The summed E-state index contributed by atoms with van der Waals surface area (Å²) in [4.78, 5) is 23.2. The Morgan fingerprint density at radius 3 is 2.90 bits per heavy atom. The highest BCUT2D eigenvalue weighted by Gasteiger charge is 2.15. The number of nitrogens with one attached hydrogen (secondary N) is 1. The fraction of sp³-hybridized carbons (Fsp3) is 0.333. The largest absolute Gasteiger partial charge is 0.368 e. The summed E-state index contributed by atoms with van der Waals surface area (Å²) in [6, 6.07) is 3.94. The van der Waals surface area contributed by atoms with Crippen LogP contribution in [0.4, 0.5) is 0 Å². The van der Waals surface area contributed by atoms with Gasteiger partial charge in [-0.2, -0.15) is 0 Å². The summed E-state index contributed by atoms with van der Waals surface area (Å²) in [5.41, 5.74) is 4.97. The van der Waals surface area contributed by atoms with E-state index in [1.807, 2.05) is 29.0 Å². The molecule has 0 aliphatic heterocycles. The lowest BCUT2D eigenvalue weighted by Crippen LogP contribution is -2.34. The van der Waals surface area contributed by atoms with Crippen LogP contribution in [-0.2, 0) is 16.1 Å². The van der Waals surface area contributed by atoms with Crippen LogP contribution in [0.2, 0.25) is 0 Å². The summed E-state index contributed by atoms with van der Waals surface area (Å²) in [5, 5.41) is 13.4. The van der Waals surface area contributed by atoms with Gasteiger partial charge in [0.25, 0.3) is 0 Å². The molecule has 0 saturated carbocycles. The predicted octanol–water partition coefficient (Wildman–Crippen LogP) is 0.720. The maximum Gasteiger partial charge on any atom is 0.236 e. The lowest BCUT2D eigenvalue weighted by molar-refractivity contribution is -0.123.